The standard InChI is InChI=1S/C24H24F3N5O3/c1-13-10-15(11-18(29-13)22(26)27)20-21(14-2-4-16(25)5-3-14)31-24(28)32-23(20)35-12-19(33)30-17-6-8-34-9-7-17/h2-5,10-11,17,22H,6-9,12H2,1H3,(H,30,33)(H2,28,31,32). The smallest absolute Gasteiger partial charge is 0.280 e. The Morgan fingerprint density at radius 1 is 1.14 bits per heavy atom. The Kier molecular flexibility index (Phi) is 7.45. The van der Waals surface area contributed by atoms with Gasteiger partial charge in [-0.25, -0.2) is 18.2 Å². The summed E-state index contributed by atoms with van der Waals surface area (Å²) in [6.45, 7) is 2.32. The van der Waals surface area contributed by atoms with Crippen LogP contribution in [0.2, 0.25) is 0 Å². The van der Waals surface area contributed by atoms with E-state index in [-0.39, 0.29) is 41.6 Å². The molecule has 0 saturated carbocycles. The fourth-order valence-corrected chi connectivity index (χ4v) is 3.83. The number of aromatic nitrogens is 3. The molecule has 3 aromatic rings. The van der Waals surface area contributed by atoms with E-state index in [1.165, 1.54) is 30.3 Å². The van der Waals surface area contributed by atoms with Crippen molar-refractivity contribution in [3.8, 4) is 28.3 Å². The summed E-state index contributed by atoms with van der Waals surface area (Å²) < 4.78 is 51.6. The molecule has 0 atom stereocenters. The summed E-state index contributed by atoms with van der Waals surface area (Å²) in [5, 5.41) is 2.88. The number of aryl methyl sites for hydroxylation is 1. The van der Waals surface area contributed by atoms with E-state index in [0.29, 0.717) is 42.9 Å². The molecule has 0 spiro atoms. The molecule has 0 radical (unpaired) electrons. The molecule has 1 aliphatic rings. The Morgan fingerprint density at radius 2 is 1.86 bits per heavy atom. The lowest BCUT2D eigenvalue weighted by molar-refractivity contribution is -0.124. The Balaban J connectivity index is 1.74. The molecule has 0 unspecified atom stereocenters. The van der Waals surface area contributed by atoms with Crippen LogP contribution >= 0.6 is 0 Å². The maximum absolute atomic E-state index is 13.6. The highest BCUT2D eigenvalue weighted by molar-refractivity contribution is 5.85. The Morgan fingerprint density at radius 3 is 2.54 bits per heavy atom. The quantitative estimate of drug-likeness (QED) is 0.521. The number of carbonyl (C=O) groups excluding carboxylic acids is 1. The molecule has 1 aromatic carbocycles. The van der Waals surface area contributed by atoms with Crippen LogP contribution in [0.25, 0.3) is 22.4 Å². The number of benzene rings is 1. The van der Waals surface area contributed by atoms with E-state index in [1.54, 1.807) is 13.0 Å². The average molecular weight is 487 g/mol. The number of alkyl halides is 2. The lowest BCUT2D eigenvalue weighted by Gasteiger charge is -2.23. The number of hydrogen-bond acceptors (Lipinski definition) is 7. The second-order valence-corrected chi connectivity index (χ2v) is 8.08. The molecular weight excluding hydrogens is 463 g/mol. The molecule has 4 rings (SSSR count). The fraction of sp³-hybridized carbons (Fsp3) is 0.333. The van der Waals surface area contributed by atoms with Gasteiger partial charge in [0.1, 0.15) is 11.5 Å². The molecule has 0 bridgehead atoms. The number of nitrogens with one attached hydrogen (secondary N) is 1. The Hall–Kier alpha value is -3.73. The van der Waals surface area contributed by atoms with Gasteiger partial charge in [0.05, 0.1) is 11.3 Å². The SMILES string of the molecule is Cc1cc(-c2c(OCC(=O)NC3CCOCC3)nc(N)nc2-c2ccc(F)cc2)cc(C(F)F)n1. The molecule has 1 fully saturated rings. The van der Waals surface area contributed by atoms with E-state index in [2.05, 4.69) is 20.3 Å². The molecule has 3 heterocycles. The largest absolute Gasteiger partial charge is 0.467 e. The fourth-order valence-electron chi connectivity index (χ4n) is 3.83. The average Bonchev–Trinajstić information content (AvgIpc) is 2.83. The summed E-state index contributed by atoms with van der Waals surface area (Å²) in [7, 11) is 0. The van der Waals surface area contributed by atoms with E-state index >= 15 is 0 Å². The predicted octanol–water partition coefficient (Wildman–Crippen LogP) is 3.85. The van der Waals surface area contributed by atoms with Crippen LogP contribution in [-0.4, -0.2) is 46.7 Å². The van der Waals surface area contributed by atoms with Crippen molar-refractivity contribution in [2.45, 2.75) is 32.2 Å². The third-order valence-corrected chi connectivity index (χ3v) is 5.42. The third-order valence-electron chi connectivity index (χ3n) is 5.42. The van der Waals surface area contributed by atoms with Crippen molar-refractivity contribution in [2.24, 2.45) is 0 Å². The number of nitrogens with zero attached hydrogens (tertiary/aromatic N) is 3. The number of hydrogen-bond donors (Lipinski definition) is 2. The third kappa shape index (κ3) is 6.04. The van der Waals surface area contributed by atoms with E-state index < -0.39 is 17.9 Å². The zero-order valence-corrected chi connectivity index (χ0v) is 18.9. The predicted molar refractivity (Wildman–Crippen MR) is 122 cm³/mol. The van der Waals surface area contributed by atoms with E-state index in [0.717, 1.165) is 0 Å². The Labute approximate surface area is 199 Å². The van der Waals surface area contributed by atoms with E-state index in [1.807, 2.05) is 0 Å². The molecule has 1 amide bonds. The van der Waals surface area contributed by atoms with Gasteiger partial charge in [0.2, 0.25) is 11.8 Å². The van der Waals surface area contributed by atoms with Crippen molar-refractivity contribution >= 4 is 11.9 Å². The zero-order valence-electron chi connectivity index (χ0n) is 18.9. The minimum atomic E-state index is -2.81. The first-order valence-corrected chi connectivity index (χ1v) is 11.0. The molecule has 1 saturated heterocycles. The second-order valence-electron chi connectivity index (χ2n) is 8.08. The number of nitrogens with two attached hydrogens (primary N) is 1. The number of ether oxygens (including phenoxy) is 2. The van der Waals surface area contributed by atoms with Crippen LogP contribution in [0.4, 0.5) is 19.1 Å². The van der Waals surface area contributed by atoms with Gasteiger partial charge >= 0.3 is 0 Å². The lowest BCUT2D eigenvalue weighted by Crippen LogP contribution is -2.41. The van der Waals surface area contributed by atoms with Crippen LogP contribution < -0.4 is 15.8 Å². The van der Waals surface area contributed by atoms with Gasteiger partial charge in [-0.15, -0.1) is 0 Å². The molecule has 0 aliphatic carbocycles. The molecule has 8 nitrogen and oxygen atoms in total. The maximum Gasteiger partial charge on any atom is 0.280 e. The summed E-state index contributed by atoms with van der Waals surface area (Å²) in [5.41, 5.74) is 7.04. The zero-order chi connectivity index (χ0) is 24.9. The van der Waals surface area contributed by atoms with Gasteiger partial charge < -0.3 is 20.5 Å². The number of carbonyl (C=O) groups is 1. The minimum Gasteiger partial charge on any atom is -0.467 e. The summed E-state index contributed by atoms with van der Waals surface area (Å²) in [5.74, 6) is -1.06. The monoisotopic (exact) mass is 487 g/mol. The first-order chi connectivity index (χ1) is 16.8. The first kappa shape index (κ1) is 24.4. The van der Waals surface area contributed by atoms with Crippen molar-refractivity contribution in [1.82, 2.24) is 20.3 Å². The number of anilines is 1. The molecule has 11 heteroatoms. The van der Waals surface area contributed by atoms with Crippen LogP contribution in [0.1, 0.15) is 30.7 Å². The molecule has 1 aliphatic heterocycles. The van der Waals surface area contributed by atoms with Gasteiger partial charge in [0, 0.05) is 30.5 Å². The van der Waals surface area contributed by atoms with Gasteiger partial charge in [-0.2, -0.15) is 4.98 Å². The van der Waals surface area contributed by atoms with Crippen LogP contribution in [0.3, 0.4) is 0 Å². The molecule has 2 aromatic heterocycles. The summed E-state index contributed by atoms with van der Waals surface area (Å²) >= 11 is 0. The van der Waals surface area contributed by atoms with Crippen LogP contribution in [0, 0.1) is 12.7 Å². The van der Waals surface area contributed by atoms with Gasteiger partial charge in [0.15, 0.2) is 6.61 Å². The topological polar surface area (TPSA) is 112 Å². The van der Waals surface area contributed by atoms with E-state index in [9.17, 15) is 18.0 Å². The number of amides is 1. The normalized spacial score (nSPS) is 14.2. The van der Waals surface area contributed by atoms with Crippen molar-refractivity contribution in [1.29, 1.82) is 0 Å². The highest BCUT2D eigenvalue weighted by Crippen LogP contribution is 2.39. The van der Waals surface area contributed by atoms with Crippen molar-refractivity contribution in [2.75, 3.05) is 25.6 Å². The lowest BCUT2D eigenvalue weighted by atomic mass is 9.99. The molecule has 184 valence electrons. The number of halogens is 3. The van der Waals surface area contributed by atoms with Gasteiger partial charge in [-0.1, -0.05) is 0 Å². The van der Waals surface area contributed by atoms with Crippen LogP contribution in [-0.2, 0) is 9.53 Å². The van der Waals surface area contributed by atoms with Gasteiger partial charge in [0.25, 0.3) is 12.3 Å². The molecular formula is C24H24F3N5O3. The molecule has 35 heavy (non-hydrogen) atoms. The summed E-state index contributed by atoms with van der Waals surface area (Å²) in [6, 6.07) is 8.18. The summed E-state index contributed by atoms with van der Waals surface area (Å²) in [6.07, 6.45) is -1.43. The maximum atomic E-state index is 13.6. The van der Waals surface area contributed by atoms with Crippen LogP contribution in [0.5, 0.6) is 5.88 Å². The highest BCUT2D eigenvalue weighted by Gasteiger charge is 2.23. The second kappa shape index (κ2) is 10.7. The number of nitrogen functional groups attached to an aromatic ring is 1. The van der Waals surface area contributed by atoms with Crippen LogP contribution in [0.15, 0.2) is 36.4 Å². The Bertz CT molecular complexity index is 1200. The summed E-state index contributed by atoms with van der Waals surface area (Å²) in [4.78, 5) is 24.8. The highest BCUT2D eigenvalue weighted by atomic mass is 19.3. The molecule has 3 N–H and O–H groups in total. The first-order valence-electron chi connectivity index (χ1n) is 11.0. The minimum absolute atomic E-state index is 0.0268. The van der Waals surface area contributed by atoms with Crippen molar-refractivity contribution < 1.29 is 27.4 Å². The van der Waals surface area contributed by atoms with Gasteiger partial charge in [-0.05, 0) is 61.7 Å². The van der Waals surface area contributed by atoms with Crippen molar-refractivity contribution in [3.05, 3.63) is 53.6 Å². The van der Waals surface area contributed by atoms with Gasteiger partial charge in [-0.3, -0.25) is 9.78 Å². The number of rotatable bonds is 7. The van der Waals surface area contributed by atoms with E-state index in [4.69, 9.17) is 15.2 Å². The van der Waals surface area contributed by atoms with Crippen molar-refractivity contribution in [3.63, 3.8) is 0 Å². The number of pyridine rings is 1.